The van der Waals surface area contributed by atoms with Crippen LogP contribution in [0.5, 0.6) is 0 Å². The molecule has 0 saturated carbocycles. The van der Waals surface area contributed by atoms with Crippen molar-refractivity contribution in [3.8, 4) is 0 Å². The third-order valence-corrected chi connectivity index (χ3v) is 8.12. The zero-order chi connectivity index (χ0) is 19.1. The molecule has 2 aromatic rings. The molecule has 1 aliphatic rings. The summed E-state index contributed by atoms with van der Waals surface area (Å²) in [7, 11) is -3.48. The van der Waals surface area contributed by atoms with Gasteiger partial charge in [-0.25, -0.2) is 8.42 Å². The average Bonchev–Trinajstić information content (AvgIpc) is 2.60. The number of rotatable bonds is 3. The molecule has 0 aliphatic carbocycles. The number of aryl methyl sites for hydroxylation is 3. The van der Waals surface area contributed by atoms with Gasteiger partial charge < -0.3 is 4.90 Å². The third-order valence-electron chi connectivity index (χ3n) is 5.23. The minimum Gasteiger partial charge on any atom is -0.369 e. The highest BCUT2D eigenvalue weighted by molar-refractivity contribution is 9.10. The van der Waals surface area contributed by atoms with E-state index in [0.717, 1.165) is 15.6 Å². The minimum absolute atomic E-state index is 0.398. The van der Waals surface area contributed by atoms with Gasteiger partial charge >= 0.3 is 0 Å². The van der Waals surface area contributed by atoms with E-state index in [1.165, 1.54) is 16.8 Å². The molecule has 0 atom stereocenters. The van der Waals surface area contributed by atoms with Crippen molar-refractivity contribution in [2.75, 3.05) is 31.1 Å². The molecular formula is C20H25BrN2O2S. The van der Waals surface area contributed by atoms with Gasteiger partial charge in [-0.05, 0) is 62.1 Å². The van der Waals surface area contributed by atoms with E-state index in [0.29, 0.717) is 31.1 Å². The third kappa shape index (κ3) is 3.55. The lowest BCUT2D eigenvalue weighted by molar-refractivity contribution is 0.384. The van der Waals surface area contributed by atoms with Crippen LogP contribution in [-0.2, 0) is 10.0 Å². The van der Waals surface area contributed by atoms with Crippen LogP contribution in [0.15, 0.2) is 39.7 Å². The highest BCUT2D eigenvalue weighted by Crippen LogP contribution is 2.29. The first-order valence-electron chi connectivity index (χ1n) is 8.80. The Balaban J connectivity index is 1.81. The minimum atomic E-state index is -3.48. The molecule has 0 aromatic heterocycles. The van der Waals surface area contributed by atoms with Crippen LogP contribution in [0.1, 0.15) is 22.3 Å². The second-order valence-electron chi connectivity index (χ2n) is 6.98. The lowest BCUT2D eigenvalue weighted by Gasteiger charge is -2.36. The lowest BCUT2D eigenvalue weighted by atomic mass is 10.1. The predicted octanol–water partition coefficient (Wildman–Crippen LogP) is 4.19. The van der Waals surface area contributed by atoms with E-state index in [1.807, 2.05) is 19.9 Å². The lowest BCUT2D eigenvalue weighted by Crippen LogP contribution is -2.49. The summed E-state index contributed by atoms with van der Waals surface area (Å²) >= 11 is 3.46. The van der Waals surface area contributed by atoms with Crippen LogP contribution >= 0.6 is 15.9 Å². The summed E-state index contributed by atoms with van der Waals surface area (Å²) in [4.78, 5) is 2.68. The van der Waals surface area contributed by atoms with E-state index >= 15 is 0 Å². The van der Waals surface area contributed by atoms with Gasteiger partial charge in [0.25, 0.3) is 0 Å². The van der Waals surface area contributed by atoms with Gasteiger partial charge in [-0.15, -0.1) is 0 Å². The van der Waals surface area contributed by atoms with Crippen molar-refractivity contribution < 1.29 is 8.42 Å². The van der Waals surface area contributed by atoms with Crippen LogP contribution in [-0.4, -0.2) is 38.9 Å². The van der Waals surface area contributed by atoms with Crippen molar-refractivity contribution in [2.24, 2.45) is 0 Å². The van der Waals surface area contributed by atoms with Crippen molar-refractivity contribution in [2.45, 2.75) is 32.6 Å². The number of sulfonamides is 1. The number of halogens is 1. The Morgan fingerprint density at radius 1 is 0.885 bits per heavy atom. The van der Waals surface area contributed by atoms with Crippen LogP contribution in [0.2, 0.25) is 0 Å². The molecule has 2 aromatic carbocycles. The highest BCUT2D eigenvalue weighted by Gasteiger charge is 2.30. The fourth-order valence-electron chi connectivity index (χ4n) is 3.47. The van der Waals surface area contributed by atoms with E-state index in [9.17, 15) is 8.42 Å². The van der Waals surface area contributed by atoms with E-state index < -0.39 is 10.0 Å². The predicted molar refractivity (Wildman–Crippen MR) is 111 cm³/mol. The number of anilines is 1. The van der Waals surface area contributed by atoms with Gasteiger partial charge in [0, 0.05) is 36.3 Å². The molecule has 0 spiro atoms. The van der Waals surface area contributed by atoms with Gasteiger partial charge in [-0.2, -0.15) is 4.31 Å². The number of hydrogen-bond acceptors (Lipinski definition) is 3. The van der Waals surface area contributed by atoms with Gasteiger partial charge in [0.05, 0.1) is 4.90 Å². The van der Waals surface area contributed by atoms with Crippen LogP contribution < -0.4 is 4.90 Å². The number of piperazine rings is 1. The summed E-state index contributed by atoms with van der Waals surface area (Å²) in [6, 6.07) is 9.94. The first-order chi connectivity index (χ1) is 12.2. The molecular weight excluding hydrogens is 412 g/mol. The molecule has 0 unspecified atom stereocenters. The Bertz CT molecular complexity index is 933. The van der Waals surface area contributed by atoms with Crippen LogP contribution in [0.3, 0.4) is 0 Å². The fourth-order valence-corrected chi connectivity index (χ4v) is 5.62. The topological polar surface area (TPSA) is 40.6 Å². The summed E-state index contributed by atoms with van der Waals surface area (Å²) in [5, 5.41) is 0. The summed E-state index contributed by atoms with van der Waals surface area (Å²) < 4.78 is 28.7. The Hall–Kier alpha value is -1.37. The first-order valence-corrected chi connectivity index (χ1v) is 11.0. The van der Waals surface area contributed by atoms with Crippen molar-refractivity contribution in [3.63, 3.8) is 0 Å². The molecule has 1 heterocycles. The van der Waals surface area contributed by atoms with Crippen molar-refractivity contribution in [1.29, 1.82) is 0 Å². The van der Waals surface area contributed by atoms with E-state index in [4.69, 9.17) is 0 Å². The summed E-state index contributed by atoms with van der Waals surface area (Å²) in [6.07, 6.45) is 0. The quantitative estimate of drug-likeness (QED) is 0.723. The molecule has 1 fully saturated rings. The second-order valence-corrected chi connectivity index (χ2v) is 9.74. The monoisotopic (exact) mass is 436 g/mol. The van der Waals surface area contributed by atoms with Gasteiger partial charge in [-0.3, -0.25) is 0 Å². The zero-order valence-electron chi connectivity index (χ0n) is 15.7. The molecule has 0 radical (unpaired) electrons. The van der Waals surface area contributed by atoms with Gasteiger partial charge in [0.15, 0.2) is 0 Å². The highest BCUT2D eigenvalue weighted by atomic mass is 79.9. The maximum Gasteiger partial charge on any atom is 0.243 e. The Morgan fingerprint density at radius 3 is 2.19 bits per heavy atom. The van der Waals surface area contributed by atoms with E-state index in [2.05, 4.69) is 52.9 Å². The summed E-state index contributed by atoms with van der Waals surface area (Å²) in [5.41, 5.74) is 5.57. The Labute approximate surface area is 165 Å². The number of benzene rings is 2. The molecule has 1 aliphatic heterocycles. The SMILES string of the molecule is Cc1cc(C)c(S(=O)(=O)N2CCN(c3cccc(C)c3C)CC2)cc1Br. The van der Waals surface area contributed by atoms with Gasteiger partial charge in [0.1, 0.15) is 0 Å². The zero-order valence-corrected chi connectivity index (χ0v) is 18.1. The van der Waals surface area contributed by atoms with Gasteiger partial charge in [0.2, 0.25) is 10.0 Å². The molecule has 3 rings (SSSR count). The van der Waals surface area contributed by atoms with Crippen LogP contribution in [0, 0.1) is 27.7 Å². The maximum atomic E-state index is 13.1. The number of nitrogens with zero attached hydrogens (tertiary/aromatic N) is 2. The molecule has 4 nitrogen and oxygen atoms in total. The molecule has 6 heteroatoms. The van der Waals surface area contributed by atoms with Crippen molar-refractivity contribution in [1.82, 2.24) is 4.31 Å². The number of hydrogen-bond donors (Lipinski definition) is 0. The smallest absolute Gasteiger partial charge is 0.243 e. The normalized spacial score (nSPS) is 16.1. The maximum absolute atomic E-state index is 13.1. The van der Waals surface area contributed by atoms with Crippen LogP contribution in [0.4, 0.5) is 5.69 Å². The van der Waals surface area contributed by atoms with E-state index in [1.54, 1.807) is 10.4 Å². The average molecular weight is 437 g/mol. The Kier molecular flexibility index (Phi) is 5.47. The first kappa shape index (κ1) is 19.4. The van der Waals surface area contributed by atoms with E-state index in [-0.39, 0.29) is 0 Å². The molecule has 0 N–H and O–H groups in total. The summed E-state index contributed by atoms with van der Waals surface area (Å²) in [6.45, 7) is 10.5. The fraction of sp³-hybridized carbons (Fsp3) is 0.400. The summed E-state index contributed by atoms with van der Waals surface area (Å²) in [5.74, 6) is 0. The largest absolute Gasteiger partial charge is 0.369 e. The standard InChI is InChI=1S/C20H25BrN2O2S/c1-14-6-5-7-19(17(14)4)22-8-10-23(11-9-22)26(24,25)20-13-18(21)15(2)12-16(20)3/h5-7,12-13H,8-11H2,1-4H3. The molecule has 0 bridgehead atoms. The molecule has 0 amide bonds. The molecule has 1 saturated heterocycles. The molecule has 140 valence electrons. The second kappa shape index (κ2) is 7.33. The van der Waals surface area contributed by atoms with Crippen molar-refractivity contribution in [3.05, 3.63) is 57.1 Å². The molecule has 26 heavy (non-hydrogen) atoms. The van der Waals surface area contributed by atoms with Crippen LogP contribution in [0.25, 0.3) is 0 Å². The Morgan fingerprint density at radius 2 is 1.54 bits per heavy atom. The van der Waals surface area contributed by atoms with Gasteiger partial charge in [-0.1, -0.05) is 34.1 Å². The van der Waals surface area contributed by atoms with Crippen molar-refractivity contribution >= 4 is 31.6 Å².